The van der Waals surface area contributed by atoms with Crippen LogP contribution in [0.5, 0.6) is 0 Å². The highest BCUT2D eigenvalue weighted by atomic mass is 16.5. The zero-order chi connectivity index (χ0) is 10.4. The monoisotopic (exact) mass is 196 g/mol. The van der Waals surface area contributed by atoms with E-state index in [1.54, 1.807) is 0 Å². The molecule has 0 bridgehead atoms. The van der Waals surface area contributed by atoms with Crippen LogP contribution in [0, 0.1) is 0 Å². The molecule has 0 aromatic heterocycles. The molecule has 0 atom stereocenters. The quantitative estimate of drug-likeness (QED) is 0.688. The van der Waals surface area contributed by atoms with Crippen LogP contribution < -0.4 is 5.73 Å². The van der Waals surface area contributed by atoms with Crippen LogP contribution in [0.15, 0.2) is 23.4 Å². The zero-order valence-electron chi connectivity index (χ0n) is 9.12. The number of nitrogens with two attached hydrogens (primary N) is 1. The van der Waals surface area contributed by atoms with Crippen LogP contribution in [0.25, 0.3) is 0 Å². The first-order valence-electron chi connectivity index (χ1n) is 5.11. The zero-order valence-corrected chi connectivity index (χ0v) is 9.12. The number of allylic oxidation sites excluding steroid dienone is 3. The summed E-state index contributed by atoms with van der Waals surface area (Å²) in [7, 11) is 0. The van der Waals surface area contributed by atoms with Gasteiger partial charge < -0.3 is 15.4 Å². The molecule has 1 heterocycles. The summed E-state index contributed by atoms with van der Waals surface area (Å²) in [5.74, 6) is 0. The van der Waals surface area contributed by atoms with Crippen molar-refractivity contribution in [3.8, 4) is 0 Å². The van der Waals surface area contributed by atoms with E-state index < -0.39 is 0 Å². The molecule has 1 fully saturated rings. The first kappa shape index (κ1) is 11.3. The first-order chi connectivity index (χ1) is 6.74. The lowest BCUT2D eigenvalue weighted by molar-refractivity contribution is 0.0537. The van der Waals surface area contributed by atoms with E-state index in [1.165, 1.54) is 11.3 Å². The molecule has 1 aliphatic rings. The topological polar surface area (TPSA) is 38.5 Å². The molecule has 14 heavy (non-hydrogen) atoms. The molecule has 0 radical (unpaired) electrons. The van der Waals surface area contributed by atoms with Gasteiger partial charge in [-0.25, -0.2) is 0 Å². The van der Waals surface area contributed by atoms with Crippen molar-refractivity contribution in [2.24, 2.45) is 5.73 Å². The van der Waals surface area contributed by atoms with E-state index in [0.717, 1.165) is 26.3 Å². The van der Waals surface area contributed by atoms with E-state index in [-0.39, 0.29) is 0 Å². The lowest BCUT2D eigenvalue weighted by Crippen LogP contribution is -2.34. The van der Waals surface area contributed by atoms with Crippen molar-refractivity contribution in [1.82, 2.24) is 4.90 Å². The fraction of sp³-hybridized carbons (Fsp3) is 0.636. The van der Waals surface area contributed by atoms with Crippen molar-refractivity contribution in [2.75, 3.05) is 32.8 Å². The second-order valence-electron chi connectivity index (χ2n) is 3.62. The van der Waals surface area contributed by atoms with E-state index in [1.807, 2.05) is 6.92 Å². The number of ether oxygens (including phenoxy) is 1. The van der Waals surface area contributed by atoms with Crippen molar-refractivity contribution in [3.63, 3.8) is 0 Å². The standard InChI is InChI=1S/C11H20N2O/c1-10(9-12)3-4-11(2)13-5-7-14-8-6-13/h3-4H,5-9,12H2,1-2H3/b10-3+,11-4+. The predicted molar refractivity (Wildman–Crippen MR) is 59.0 cm³/mol. The summed E-state index contributed by atoms with van der Waals surface area (Å²) in [6.45, 7) is 8.48. The Balaban J connectivity index is 2.49. The van der Waals surface area contributed by atoms with Gasteiger partial charge in [0.1, 0.15) is 0 Å². The highest BCUT2D eigenvalue weighted by Gasteiger charge is 2.09. The molecule has 1 aliphatic heterocycles. The van der Waals surface area contributed by atoms with Gasteiger partial charge in [0.05, 0.1) is 13.2 Å². The number of hydrogen-bond donors (Lipinski definition) is 1. The van der Waals surface area contributed by atoms with Gasteiger partial charge in [-0.05, 0) is 19.9 Å². The van der Waals surface area contributed by atoms with Gasteiger partial charge in [0.25, 0.3) is 0 Å². The van der Waals surface area contributed by atoms with Crippen molar-refractivity contribution < 1.29 is 4.74 Å². The van der Waals surface area contributed by atoms with Gasteiger partial charge in [-0.3, -0.25) is 0 Å². The maximum absolute atomic E-state index is 5.51. The average molecular weight is 196 g/mol. The Hall–Kier alpha value is -0.800. The SMILES string of the molecule is C/C(=C\C=C(/C)N1CCOCC1)CN. The van der Waals surface area contributed by atoms with Crippen LogP contribution in [0.1, 0.15) is 13.8 Å². The number of morpholine rings is 1. The molecule has 0 aromatic carbocycles. The third kappa shape index (κ3) is 3.52. The fourth-order valence-electron chi connectivity index (χ4n) is 1.35. The van der Waals surface area contributed by atoms with Crippen LogP contribution >= 0.6 is 0 Å². The summed E-state index contributed by atoms with van der Waals surface area (Å²) in [4.78, 5) is 2.34. The van der Waals surface area contributed by atoms with Crippen LogP contribution in [0.4, 0.5) is 0 Å². The number of hydrogen-bond acceptors (Lipinski definition) is 3. The average Bonchev–Trinajstić information content (AvgIpc) is 2.26. The molecule has 0 spiro atoms. The molecule has 0 amide bonds. The third-order valence-electron chi connectivity index (χ3n) is 2.44. The van der Waals surface area contributed by atoms with Gasteiger partial charge in [0, 0.05) is 25.3 Å². The van der Waals surface area contributed by atoms with Crippen molar-refractivity contribution >= 4 is 0 Å². The maximum Gasteiger partial charge on any atom is 0.0642 e. The van der Waals surface area contributed by atoms with Crippen LogP contribution in [-0.2, 0) is 4.74 Å². The Labute approximate surface area is 86.2 Å². The molecular formula is C11H20N2O. The van der Waals surface area contributed by atoms with Crippen molar-refractivity contribution in [2.45, 2.75) is 13.8 Å². The molecule has 0 unspecified atom stereocenters. The molecule has 3 heteroatoms. The normalized spacial score (nSPS) is 20.1. The van der Waals surface area contributed by atoms with Gasteiger partial charge in [-0.1, -0.05) is 11.6 Å². The summed E-state index contributed by atoms with van der Waals surface area (Å²) in [6, 6.07) is 0. The molecule has 1 rings (SSSR count). The minimum Gasteiger partial charge on any atom is -0.378 e. The number of nitrogens with zero attached hydrogens (tertiary/aromatic N) is 1. The maximum atomic E-state index is 5.51. The van der Waals surface area contributed by atoms with E-state index in [2.05, 4.69) is 24.0 Å². The molecule has 3 nitrogen and oxygen atoms in total. The molecule has 0 aliphatic carbocycles. The second-order valence-corrected chi connectivity index (χ2v) is 3.62. The number of rotatable bonds is 3. The molecule has 1 saturated heterocycles. The fourth-order valence-corrected chi connectivity index (χ4v) is 1.35. The summed E-state index contributed by atoms with van der Waals surface area (Å²) in [6.07, 6.45) is 4.22. The van der Waals surface area contributed by atoms with Gasteiger partial charge in [0.15, 0.2) is 0 Å². The highest BCUT2D eigenvalue weighted by Crippen LogP contribution is 2.07. The Morgan fingerprint density at radius 1 is 1.29 bits per heavy atom. The lowest BCUT2D eigenvalue weighted by Gasteiger charge is -2.29. The van der Waals surface area contributed by atoms with Crippen LogP contribution in [0.3, 0.4) is 0 Å². The smallest absolute Gasteiger partial charge is 0.0642 e. The minimum atomic E-state index is 0.632. The van der Waals surface area contributed by atoms with E-state index >= 15 is 0 Å². The molecule has 80 valence electrons. The minimum absolute atomic E-state index is 0.632. The summed E-state index contributed by atoms with van der Waals surface area (Å²) < 4.78 is 5.29. The molecule has 0 saturated carbocycles. The Morgan fingerprint density at radius 2 is 1.93 bits per heavy atom. The van der Waals surface area contributed by atoms with Gasteiger partial charge in [0.2, 0.25) is 0 Å². The summed E-state index contributed by atoms with van der Waals surface area (Å²) in [5, 5.41) is 0. The predicted octanol–water partition coefficient (Wildman–Crippen LogP) is 1.13. The Morgan fingerprint density at radius 3 is 2.50 bits per heavy atom. The van der Waals surface area contributed by atoms with Gasteiger partial charge >= 0.3 is 0 Å². The first-order valence-corrected chi connectivity index (χ1v) is 5.11. The molecule has 2 N–H and O–H groups in total. The Kier molecular flexibility index (Phi) is 4.70. The molecule has 0 aromatic rings. The van der Waals surface area contributed by atoms with Crippen LogP contribution in [-0.4, -0.2) is 37.7 Å². The van der Waals surface area contributed by atoms with Crippen molar-refractivity contribution in [3.05, 3.63) is 23.4 Å². The van der Waals surface area contributed by atoms with Gasteiger partial charge in [-0.15, -0.1) is 0 Å². The van der Waals surface area contributed by atoms with Crippen molar-refractivity contribution in [1.29, 1.82) is 0 Å². The van der Waals surface area contributed by atoms with Crippen LogP contribution in [0.2, 0.25) is 0 Å². The molecular weight excluding hydrogens is 176 g/mol. The second kappa shape index (κ2) is 5.83. The van der Waals surface area contributed by atoms with E-state index in [9.17, 15) is 0 Å². The summed E-state index contributed by atoms with van der Waals surface area (Å²) >= 11 is 0. The summed E-state index contributed by atoms with van der Waals surface area (Å²) in [5.41, 5.74) is 8.00. The lowest BCUT2D eigenvalue weighted by atomic mass is 10.2. The largest absolute Gasteiger partial charge is 0.378 e. The van der Waals surface area contributed by atoms with Gasteiger partial charge in [-0.2, -0.15) is 0 Å². The van der Waals surface area contributed by atoms with E-state index in [0.29, 0.717) is 6.54 Å². The highest BCUT2D eigenvalue weighted by molar-refractivity contribution is 5.15. The third-order valence-corrected chi connectivity index (χ3v) is 2.44. The van der Waals surface area contributed by atoms with E-state index in [4.69, 9.17) is 10.5 Å². The Bertz CT molecular complexity index is 227.